The Labute approximate surface area is 220 Å². The highest BCUT2D eigenvalue weighted by Gasteiger charge is 2.60. The second-order valence-corrected chi connectivity index (χ2v) is 11.1. The number of Topliss-reactive ketones (excluding diaryl/α,β-unsaturated/α-hetero) is 2. The van der Waals surface area contributed by atoms with E-state index in [-0.39, 0.29) is 42.2 Å². The van der Waals surface area contributed by atoms with Gasteiger partial charge in [-0.15, -0.1) is 0 Å². The Kier molecular flexibility index (Phi) is 6.94. The fourth-order valence-corrected chi connectivity index (χ4v) is 6.31. The topological polar surface area (TPSA) is 161 Å². The molecule has 0 aliphatic heterocycles. The van der Waals surface area contributed by atoms with E-state index in [0.29, 0.717) is 28.6 Å². The van der Waals surface area contributed by atoms with Crippen molar-refractivity contribution in [1.29, 1.82) is 0 Å². The van der Waals surface area contributed by atoms with Gasteiger partial charge >= 0.3 is 0 Å². The quantitative estimate of drug-likeness (QED) is 0.349. The van der Waals surface area contributed by atoms with Crippen LogP contribution in [0.5, 0.6) is 5.75 Å². The van der Waals surface area contributed by atoms with Crippen molar-refractivity contribution in [1.82, 2.24) is 4.90 Å². The van der Waals surface area contributed by atoms with Gasteiger partial charge in [-0.25, -0.2) is 0 Å². The van der Waals surface area contributed by atoms with E-state index in [1.54, 1.807) is 0 Å². The summed E-state index contributed by atoms with van der Waals surface area (Å²) in [5, 5.41) is 44.4. The number of hydrogen-bond donors (Lipinski definition) is 5. The number of ketones is 2. The van der Waals surface area contributed by atoms with Crippen molar-refractivity contribution in [2.45, 2.75) is 65.1 Å². The smallest absolute Gasteiger partial charge is 0.255 e. The van der Waals surface area contributed by atoms with Crippen LogP contribution in [0.1, 0.15) is 57.2 Å². The van der Waals surface area contributed by atoms with Crippen LogP contribution in [0.2, 0.25) is 5.02 Å². The first-order valence-corrected chi connectivity index (χ1v) is 12.9. The number of nitrogens with zero attached hydrogens (tertiary/aromatic N) is 1. The zero-order chi connectivity index (χ0) is 27.6. The zero-order valence-electron chi connectivity index (χ0n) is 21.3. The summed E-state index contributed by atoms with van der Waals surface area (Å²) >= 11 is 6.82. The minimum absolute atomic E-state index is 0.000774. The number of primary amides is 1. The number of carbonyl (C=O) groups excluding carboxylic acids is 3. The molecule has 4 atom stereocenters. The monoisotopic (exact) mass is 532 g/mol. The predicted octanol–water partition coefficient (Wildman–Crippen LogP) is 2.94. The molecule has 0 saturated heterocycles. The molecule has 3 aliphatic carbocycles. The van der Waals surface area contributed by atoms with Gasteiger partial charge in [-0.3, -0.25) is 19.3 Å². The van der Waals surface area contributed by atoms with E-state index in [1.165, 1.54) is 6.07 Å². The van der Waals surface area contributed by atoms with Crippen LogP contribution in [-0.2, 0) is 27.3 Å². The van der Waals surface area contributed by atoms with Crippen molar-refractivity contribution < 1.29 is 34.8 Å². The highest BCUT2D eigenvalue weighted by Crippen LogP contribution is 2.53. The number of halogens is 1. The molecule has 1 unspecified atom stereocenters. The van der Waals surface area contributed by atoms with Gasteiger partial charge in [-0.2, -0.15) is 0 Å². The van der Waals surface area contributed by atoms with Crippen molar-refractivity contribution in [2.75, 3.05) is 6.54 Å². The number of nitrogens with two attached hydrogens (primary N) is 1. The SMILES string of the molecule is CCN(Cc1cc(O)c2c(c1Cl)CC1C[C@H]3CC(=O)C(C(N)=O)=C(O)[C@@]3(O)C(=O)C1=C2O)[C@H](C)C(C)C. The van der Waals surface area contributed by atoms with E-state index in [9.17, 15) is 34.8 Å². The fourth-order valence-electron chi connectivity index (χ4n) is 6.02. The maximum atomic E-state index is 13.6. The summed E-state index contributed by atoms with van der Waals surface area (Å²) in [6, 6.07) is 1.73. The molecule has 6 N–H and O–H groups in total. The molecule has 3 aliphatic rings. The van der Waals surface area contributed by atoms with Crippen LogP contribution >= 0.6 is 11.6 Å². The molecule has 0 aromatic heterocycles. The molecule has 10 heteroatoms. The summed E-state index contributed by atoms with van der Waals surface area (Å²) in [5.41, 5.74) is 2.80. The fraction of sp³-hybridized carbons (Fsp3) is 0.519. The molecule has 1 fully saturated rings. The van der Waals surface area contributed by atoms with Crippen LogP contribution in [0, 0.1) is 17.8 Å². The number of hydrogen-bond acceptors (Lipinski definition) is 8. The molecule has 0 heterocycles. The van der Waals surface area contributed by atoms with Gasteiger partial charge in [-0.1, -0.05) is 32.4 Å². The van der Waals surface area contributed by atoms with E-state index in [4.69, 9.17) is 17.3 Å². The highest BCUT2D eigenvalue weighted by atomic mass is 35.5. The third-order valence-corrected chi connectivity index (χ3v) is 8.86. The molecule has 37 heavy (non-hydrogen) atoms. The summed E-state index contributed by atoms with van der Waals surface area (Å²) in [6.07, 6.45) is -0.115. The van der Waals surface area contributed by atoms with Crippen molar-refractivity contribution in [2.24, 2.45) is 23.5 Å². The molecule has 0 bridgehead atoms. The Bertz CT molecular complexity index is 1270. The summed E-state index contributed by atoms with van der Waals surface area (Å²) in [6.45, 7) is 9.65. The zero-order valence-corrected chi connectivity index (χ0v) is 22.1. The van der Waals surface area contributed by atoms with Crippen LogP contribution in [0.4, 0.5) is 0 Å². The lowest BCUT2D eigenvalue weighted by atomic mass is 9.59. The third kappa shape index (κ3) is 4.04. The van der Waals surface area contributed by atoms with Crippen molar-refractivity contribution in [3.63, 3.8) is 0 Å². The second-order valence-electron chi connectivity index (χ2n) is 10.7. The normalized spacial score (nSPS) is 26.4. The summed E-state index contributed by atoms with van der Waals surface area (Å²) < 4.78 is 0. The number of aliphatic hydroxyl groups excluding tert-OH is 2. The van der Waals surface area contributed by atoms with E-state index in [1.807, 2.05) is 6.92 Å². The lowest BCUT2D eigenvalue weighted by Crippen LogP contribution is -2.58. The van der Waals surface area contributed by atoms with Crippen LogP contribution in [0.25, 0.3) is 5.76 Å². The van der Waals surface area contributed by atoms with Crippen LogP contribution in [-0.4, -0.2) is 61.0 Å². The Hall–Kier alpha value is -2.88. The summed E-state index contributed by atoms with van der Waals surface area (Å²) in [5.74, 6) is -6.16. The van der Waals surface area contributed by atoms with Gasteiger partial charge in [0.1, 0.15) is 22.8 Å². The number of rotatable bonds is 6. The first-order valence-electron chi connectivity index (χ1n) is 12.5. The molecule has 200 valence electrons. The first kappa shape index (κ1) is 27.2. The molecule has 1 aromatic rings. The van der Waals surface area contributed by atoms with Crippen LogP contribution in [0.15, 0.2) is 23.0 Å². The Morgan fingerprint density at radius 3 is 2.43 bits per heavy atom. The van der Waals surface area contributed by atoms with Gasteiger partial charge in [0.05, 0.1) is 5.56 Å². The van der Waals surface area contributed by atoms with Crippen LogP contribution < -0.4 is 5.73 Å². The number of phenolic OH excluding ortho intramolecular Hbond substituents is 1. The van der Waals surface area contributed by atoms with Crippen molar-refractivity contribution in [3.05, 3.63) is 44.7 Å². The maximum Gasteiger partial charge on any atom is 0.255 e. The van der Waals surface area contributed by atoms with Gasteiger partial charge in [0.25, 0.3) is 5.91 Å². The maximum absolute atomic E-state index is 13.6. The van der Waals surface area contributed by atoms with E-state index in [2.05, 4.69) is 25.7 Å². The minimum atomic E-state index is -2.58. The van der Waals surface area contributed by atoms with Crippen molar-refractivity contribution >= 4 is 34.8 Å². The number of amides is 1. The van der Waals surface area contributed by atoms with E-state index < -0.39 is 52.0 Å². The van der Waals surface area contributed by atoms with Crippen LogP contribution in [0.3, 0.4) is 0 Å². The Morgan fingerprint density at radius 1 is 1.22 bits per heavy atom. The molecule has 0 radical (unpaired) electrons. The summed E-state index contributed by atoms with van der Waals surface area (Å²) in [4.78, 5) is 40.0. The molecular weight excluding hydrogens is 500 g/mol. The first-order chi connectivity index (χ1) is 17.2. The molecule has 4 rings (SSSR count). The Balaban J connectivity index is 1.82. The number of benzene rings is 1. The molecule has 9 nitrogen and oxygen atoms in total. The number of phenols is 1. The van der Waals surface area contributed by atoms with E-state index in [0.717, 1.165) is 6.54 Å². The summed E-state index contributed by atoms with van der Waals surface area (Å²) in [7, 11) is 0. The average Bonchev–Trinajstić information content (AvgIpc) is 2.81. The van der Waals surface area contributed by atoms with Gasteiger partial charge in [-0.05, 0) is 55.3 Å². The average molecular weight is 533 g/mol. The van der Waals surface area contributed by atoms with Gasteiger partial charge in [0, 0.05) is 35.5 Å². The largest absolute Gasteiger partial charge is 0.508 e. The molecule has 1 saturated carbocycles. The standard InChI is InChI=1S/C27H33ClN2O7/c1-5-30(12(4)11(2)3)10-14-8-17(31)20-16(22(14)28)7-13-6-15-9-18(32)21(26(29)36)25(35)27(15,37)24(34)19(13)23(20)33/h8,11-13,15,31,33,35,37H,5-7,9-10H2,1-4H3,(H2,29,36)/t12-,13?,15+,27+/m1/s1. The minimum Gasteiger partial charge on any atom is -0.508 e. The van der Waals surface area contributed by atoms with E-state index >= 15 is 0 Å². The molecular formula is C27H33ClN2O7. The highest BCUT2D eigenvalue weighted by molar-refractivity contribution is 6.32. The van der Waals surface area contributed by atoms with Gasteiger partial charge in [0.15, 0.2) is 11.4 Å². The molecule has 1 amide bonds. The third-order valence-electron chi connectivity index (χ3n) is 8.39. The molecule has 1 aromatic carbocycles. The Morgan fingerprint density at radius 2 is 1.86 bits per heavy atom. The number of aromatic hydroxyl groups is 1. The lowest BCUT2D eigenvalue weighted by molar-refractivity contribution is -0.147. The van der Waals surface area contributed by atoms with Crippen molar-refractivity contribution in [3.8, 4) is 5.75 Å². The lowest BCUT2D eigenvalue weighted by Gasteiger charge is -2.46. The predicted molar refractivity (Wildman–Crippen MR) is 137 cm³/mol. The number of aliphatic hydroxyl groups is 3. The molecule has 0 spiro atoms. The van der Waals surface area contributed by atoms with Gasteiger partial charge < -0.3 is 26.2 Å². The second kappa shape index (κ2) is 9.45. The number of fused-ring (bicyclic) bond motifs is 3. The number of carbonyl (C=O) groups is 3. The van der Waals surface area contributed by atoms with Gasteiger partial charge in [0.2, 0.25) is 5.78 Å².